The molecular weight excluding hydrogens is 449 g/mol. The van der Waals surface area contributed by atoms with E-state index in [1.54, 1.807) is 23.1 Å². The second-order valence-corrected chi connectivity index (χ2v) is 8.69. The summed E-state index contributed by atoms with van der Waals surface area (Å²) in [6.07, 6.45) is 1.15. The fourth-order valence-electron chi connectivity index (χ4n) is 3.89. The second kappa shape index (κ2) is 10.8. The molecule has 3 amide bonds. The Bertz CT molecular complexity index is 983. The maximum Gasteiger partial charge on any atom is 0.254 e. The van der Waals surface area contributed by atoms with E-state index in [2.05, 4.69) is 5.32 Å². The number of halogens is 2. The molecule has 6 nitrogen and oxygen atoms in total. The number of piperidine rings is 1. The molecule has 0 bridgehead atoms. The second-order valence-electron chi connectivity index (χ2n) is 7.88. The molecular formula is C24H27Cl2N3O3. The van der Waals surface area contributed by atoms with Gasteiger partial charge in [-0.3, -0.25) is 14.4 Å². The Morgan fingerprint density at radius 3 is 2.25 bits per heavy atom. The zero-order valence-corrected chi connectivity index (χ0v) is 19.7. The molecule has 2 aromatic carbocycles. The van der Waals surface area contributed by atoms with E-state index in [0.29, 0.717) is 53.8 Å². The Balaban J connectivity index is 1.56. The number of likely N-dealkylation sites (N-methyl/N-ethyl adjacent to an activating group) is 1. The Morgan fingerprint density at radius 1 is 1.03 bits per heavy atom. The van der Waals surface area contributed by atoms with Gasteiger partial charge in [0.1, 0.15) is 0 Å². The van der Waals surface area contributed by atoms with Crippen LogP contribution in [0.15, 0.2) is 42.5 Å². The van der Waals surface area contributed by atoms with Crippen LogP contribution in [0.25, 0.3) is 0 Å². The van der Waals surface area contributed by atoms with Crippen LogP contribution in [0.5, 0.6) is 0 Å². The van der Waals surface area contributed by atoms with Crippen LogP contribution < -0.4 is 5.32 Å². The van der Waals surface area contributed by atoms with Gasteiger partial charge in [0.15, 0.2) is 0 Å². The number of hydrogen-bond donors (Lipinski definition) is 1. The van der Waals surface area contributed by atoms with Crippen LogP contribution in [-0.4, -0.2) is 53.7 Å². The highest BCUT2D eigenvalue weighted by Gasteiger charge is 2.31. The molecule has 1 N–H and O–H groups in total. The number of aryl methyl sites for hydroxylation is 1. The van der Waals surface area contributed by atoms with Gasteiger partial charge in [-0.2, -0.15) is 0 Å². The van der Waals surface area contributed by atoms with Gasteiger partial charge in [-0.1, -0.05) is 47.5 Å². The first kappa shape index (κ1) is 24.1. The summed E-state index contributed by atoms with van der Waals surface area (Å²) < 4.78 is 0. The molecule has 0 spiro atoms. The molecule has 3 rings (SSSR count). The standard InChI is InChI=1S/C24H27Cl2N3O3/c1-3-28(15-21(30)27-22-19(25)9-6-10-20(22)26)23(31)17-11-13-29(14-12-17)24(32)18-8-5-4-7-16(18)2/h4-10,17H,3,11-15H2,1-2H3,(H,27,30). The Hall–Kier alpha value is -2.57. The van der Waals surface area contributed by atoms with Crippen molar-refractivity contribution in [3.63, 3.8) is 0 Å². The molecule has 0 radical (unpaired) electrons. The van der Waals surface area contributed by atoms with Gasteiger partial charge in [0.2, 0.25) is 11.8 Å². The highest BCUT2D eigenvalue weighted by molar-refractivity contribution is 6.39. The molecule has 0 atom stereocenters. The van der Waals surface area contributed by atoms with Crippen molar-refractivity contribution in [3.8, 4) is 0 Å². The lowest BCUT2D eigenvalue weighted by Crippen LogP contribution is -2.46. The molecule has 32 heavy (non-hydrogen) atoms. The third kappa shape index (κ3) is 5.61. The highest BCUT2D eigenvalue weighted by Crippen LogP contribution is 2.30. The number of benzene rings is 2. The summed E-state index contributed by atoms with van der Waals surface area (Å²) in [6, 6.07) is 12.5. The smallest absolute Gasteiger partial charge is 0.254 e. The summed E-state index contributed by atoms with van der Waals surface area (Å²) in [5.74, 6) is -0.650. The van der Waals surface area contributed by atoms with E-state index in [9.17, 15) is 14.4 Å². The van der Waals surface area contributed by atoms with Gasteiger partial charge in [0.25, 0.3) is 5.91 Å². The molecule has 8 heteroatoms. The maximum absolute atomic E-state index is 13.0. The molecule has 2 aromatic rings. The third-order valence-electron chi connectivity index (χ3n) is 5.76. The van der Waals surface area contributed by atoms with Crippen LogP contribution in [0.2, 0.25) is 10.0 Å². The van der Waals surface area contributed by atoms with E-state index in [1.807, 2.05) is 38.1 Å². The van der Waals surface area contributed by atoms with E-state index in [4.69, 9.17) is 23.2 Å². The van der Waals surface area contributed by atoms with Crippen molar-refractivity contribution >= 4 is 46.6 Å². The number of anilines is 1. The number of para-hydroxylation sites is 1. The van der Waals surface area contributed by atoms with Gasteiger partial charge in [-0.25, -0.2) is 0 Å². The van der Waals surface area contributed by atoms with Crippen LogP contribution in [0, 0.1) is 12.8 Å². The fourth-order valence-corrected chi connectivity index (χ4v) is 4.38. The van der Waals surface area contributed by atoms with Crippen molar-refractivity contribution in [1.29, 1.82) is 0 Å². The van der Waals surface area contributed by atoms with Gasteiger partial charge in [-0.15, -0.1) is 0 Å². The number of rotatable bonds is 6. The van der Waals surface area contributed by atoms with Gasteiger partial charge in [0.05, 0.1) is 22.3 Å². The molecule has 0 aliphatic carbocycles. The van der Waals surface area contributed by atoms with Crippen molar-refractivity contribution in [2.75, 3.05) is 31.5 Å². The number of amides is 3. The zero-order chi connectivity index (χ0) is 23.3. The number of nitrogens with one attached hydrogen (secondary N) is 1. The van der Waals surface area contributed by atoms with Crippen LogP contribution in [0.1, 0.15) is 35.7 Å². The Labute approximate surface area is 198 Å². The Kier molecular flexibility index (Phi) is 8.15. The quantitative estimate of drug-likeness (QED) is 0.661. The summed E-state index contributed by atoms with van der Waals surface area (Å²) in [4.78, 5) is 41.7. The van der Waals surface area contributed by atoms with E-state index in [-0.39, 0.29) is 30.2 Å². The van der Waals surface area contributed by atoms with Gasteiger partial charge < -0.3 is 15.1 Å². The van der Waals surface area contributed by atoms with Crippen LogP contribution in [0.4, 0.5) is 5.69 Å². The Morgan fingerprint density at radius 2 is 1.66 bits per heavy atom. The largest absolute Gasteiger partial charge is 0.339 e. The normalized spacial score (nSPS) is 14.2. The minimum Gasteiger partial charge on any atom is -0.339 e. The number of carbonyl (C=O) groups excluding carboxylic acids is 3. The predicted octanol–water partition coefficient (Wildman–Crippen LogP) is 4.64. The predicted molar refractivity (Wildman–Crippen MR) is 127 cm³/mol. The summed E-state index contributed by atoms with van der Waals surface area (Å²) in [5.41, 5.74) is 1.98. The van der Waals surface area contributed by atoms with Crippen molar-refractivity contribution in [3.05, 3.63) is 63.6 Å². The monoisotopic (exact) mass is 475 g/mol. The first-order chi connectivity index (χ1) is 15.3. The van der Waals surface area contributed by atoms with Crippen LogP contribution >= 0.6 is 23.2 Å². The molecule has 0 saturated carbocycles. The average Bonchev–Trinajstić information content (AvgIpc) is 2.79. The van der Waals surface area contributed by atoms with Crippen molar-refractivity contribution in [2.24, 2.45) is 5.92 Å². The van der Waals surface area contributed by atoms with Gasteiger partial charge in [-0.05, 0) is 50.5 Å². The first-order valence-electron chi connectivity index (χ1n) is 10.7. The summed E-state index contributed by atoms with van der Waals surface area (Å²) >= 11 is 12.2. The summed E-state index contributed by atoms with van der Waals surface area (Å²) in [5, 5.41) is 3.37. The molecule has 0 aromatic heterocycles. The van der Waals surface area contributed by atoms with Crippen molar-refractivity contribution in [1.82, 2.24) is 9.80 Å². The molecule has 1 aliphatic heterocycles. The molecule has 170 valence electrons. The lowest BCUT2D eigenvalue weighted by molar-refractivity contribution is -0.139. The van der Waals surface area contributed by atoms with Crippen molar-refractivity contribution in [2.45, 2.75) is 26.7 Å². The van der Waals surface area contributed by atoms with Crippen molar-refractivity contribution < 1.29 is 14.4 Å². The number of carbonyl (C=O) groups is 3. The van der Waals surface area contributed by atoms with E-state index in [0.717, 1.165) is 5.56 Å². The molecule has 1 fully saturated rings. The molecule has 1 heterocycles. The van der Waals surface area contributed by atoms with Gasteiger partial charge >= 0.3 is 0 Å². The number of hydrogen-bond acceptors (Lipinski definition) is 3. The highest BCUT2D eigenvalue weighted by atomic mass is 35.5. The van der Waals surface area contributed by atoms with E-state index >= 15 is 0 Å². The minimum atomic E-state index is -0.359. The number of likely N-dealkylation sites (tertiary alicyclic amines) is 1. The van der Waals surface area contributed by atoms with Crippen LogP contribution in [0.3, 0.4) is 0 Å². The SMILES string of the molecule is CCN(CC(=O)Nc1c(Cl)cccc1Cl)C(=O)C1CCN(C(=O)c2ccccc2C)CC1. The number of nitrogens with zero attached hydrogens (tertiary/aromatic N) is 2. The average molecular weight is 476 g/mol. The topological polar surface area (TPSA) is 69.7 Å². The summed E-state index contributed by atoms with van der Waals surface area (Å²) in [7, 11) is 0. The third-order valence-corrected chi connectivity index (χ3v) is 6.39. The first-order valence-corrected chi connectivity index (χ1v) is 11.4. The molecule has 1 saturated heterocycles. The summed E-state index contributed by atoms with van der Waals surface area (Å²) in [6.45, 7) is 5.11. The van der Waals surface area contributed by atoms with Crippen LogP contribution in [-0.2, 0) is 9.59 Å². The molecule has 0 unspecified atom stereocenters. The minimum absolute atomic E-state index is 0.00246. The lowest BCUT2D eigenvalue weighted by Gasteiger charge is -2.34. The lowest BCUT2D eigenvalue weighted by atomic mass is 9.94. The van der Waals surface area contributed by atoms with E-state index < -0.39 is 0 Å². The maximum atomic E-state index is 13.0. The van der Waals surface area contributed by atoms with Gasteiger partial charge in [0, 0.05) is 31.1 Å². The zero-order valence-electron chi connectivity index (χ0n) is 18.2. The van der Waals surface area contributed by atoms with E-state index in [1.165, 1.54) is 4.90 Å². The molecule has 1 aliphatic rings. The fraction of sp³-hybridized carbons (Fsp3) is 0.375.